The lowest BCUT2D eigenvalue weighted by molar-refractivity contribution is -0.137. The molecule has 0 aliphatic carbocycles. The molecule has 0 radical (unpaired) electrons. The van der Waals surface area contributed by atoms with Gasteiger partial charge < -0.3 is 14.4 Å². The molecule has 4 aromatic rings. The lowest BCUT2D eigenvalue weighted by Crippen LogP contribution is -2.48. The number of carbonyl (C=O) groups excluding carboxylic acids is 1. The Balaban J connectivity index is 1.09. The molecule has 0 bridgehead atoms. The molecule has 5 rings (SSSR count). The molecule has 0 N–H and O–H groups in total. The second-order valence-electron chi connectivity index (χ2n) is 8.11. The maximum Gasteiger partial charge on any atom is 0.232 e. The van der Waals surface area contributed by atoms with Gasteiger partial charge in [0.15, 0.2) is 0 Å². The van der Waals surface area contributed by atoms with Crippen molar-refractivity contribution in [1.82, 2.24) is 19.7 Å². The Labute approximate surface area is 202 Å². The third-order valence-electron chi connectivity index (χ3n) is 5.81. The molecule has 174 valence electrons. The van der Waals surface area contributed by atoms with E-state index in [-0.39, 0.29) is 12.0 Å². The Kier molecular flexibility index (Phi) is 7.07. The van der Waals surface area contributed by atoms with Gasteiger partial charge in [-0.05, 0) is 40.6 Å². The molecule has 0 saturated carbocycles. The molecule has 34 heavy (non-hydrogen) atoms. The normalized spacial score (nSPS) is 16.0. The third-order valence-corrected chi connectivity index (χ3v) is 6.78. The summed E-state index contributed by atoms with van der Waals surface area (Å²) in [6.45, 7) is 2.09. The fraction of sp³-hybridized carbons (Fsp3) is 0.269. The number of ether oxygens (including phenoxy) is 2. The molecule has 1 atom stereocenters. The average molecular weight is 475 g/mol. The number of morpholine rings is 1. The van der Waals surface area contributed by atoms with Crippen LogP contribution in [0, 0.1) is 0 Å². The Morgan fingerprint density at radius 1 is 1.09 bits per heavy atom. The van der Waals surface area contributed by atoms with Crippen molar-refractivity contribution in [3.05, 3.63) is 84.9 Å². The van der Waals surface area contributed by atoms with Gasteiger partial charge in [-0.15, -0.1) is 11.8 Å². The van der Waals surface area contributed by atoms with Crippen LogP contribution in [0.15, 0.2) is 79.4 Å². The van der Waals surface area contributed by atoms with Crippen molar-refractivity contribution in [2.75, 3.05) is 32.1 Å². The Morgan fingerprint density at radius 2 is 1.94 bits per heavy atom. The van der Waals surface area contributed by atoms with Crippen LogP contribution in [-0.4, -0.2) is 63.7 Å². The fourth-order valence-electron chi connectivity index (χ4n) is 4.03. The standard InChI is InChI=1S/C26H26N4O3S/c31-26(17-34-16-21-6-3-5-20-4-1-2-7-25(20)21)29-12-13-32-24(14-29)15-33-23-10-8-22(9-11-23)30-19-27-18-28-30/h1-11,18-19,24H,12-17H2. The van der Waals surface area contributed by atoms with E-state index in [1.165, 1.54) is 22.7 Å². The second-order valence-corrected chi connectivity index (χ2v) is 9.09. The van der Waals surface area contributed by atoms with Crippen LogP contribution in [0.5, 0.6) is 5.75 Å². The molecular formula is C26H26N4O3S. The highest BCUT2D eigenvalue weighted by molar-refractivity contribution is 7.99. The minimum atomic E-state index is -0.143. The van der Waals surface area contributed by atoms with E-state index in [2.05, 4.69) is 52.5 Å². The molecule has 1 saturated heterocycles. The fourth-order valence-corrected chi connectivity index (χ4v) is 4.96. The molecule has 3 aromatic carbocycles. The minimum absolute atomic E-state index is 0.143. The van der Waals surface area contributed by atoms with Crippen LogP contribution in [0.2, 0.25) is 0 Å². The van der Waals surface area contributed by atoms with Crippen molar-refractivity contribution < 1.29 is 14.3 Å². The predicted molar refractivity (Wildman–Crippen MR) is 133 cm³/mol. The number of aromatic nitrogens is 3. The van der Waals surface area contributed by atoms with Crippen molar-refractivity contribution in [1.29, 1.82) is 0 Å². The molecule has 1 unspecified atom stereocenters. The van der Waals surface area contributed by atoms with E-state index in [1.54, 1.807) is 22.8 Å². The first-order valence-corrected chi connectivity index (χ1v) is 12.4. The summed E-state index contributed by atoms with van der Waals surface area (Å²) in [4.78, 5) is 18.7. The van der Waals surface area contributed by atoms with E-state index >= 15 is 0 Å². The highest BCUT2D eigenvalue weighted by Gasteiger charge is 2.24. The van der Waals surface area contributed by atoms with Gasteiger partial charge in [0.25, 0.3) is 0 Å². The molecular weight excluding hydrogens is 448 g/mol. The zero-order valence-corrected chi connectivity index (χ0v) is 19.6. The molecule has 1 fully saturated rings. The Morgan fingerprint density at radius 3 is 2.79 bits per heavy atom. The molecule has 1 aromatic heterocycles. The topological polar surface area (TPSA) is 69.5 Å². The molecule has 0 spiro atoms. The van der Waals surface area contributed by atoms with Gasteiger partial charge in [0.1, 0.15) is 31.1 Å². The van der Waals surface area contributed by atoms with Crippen LogP contribution in [0.3, 0.4) is 0 Å². The molecule has 7 nitrogen and oxygen atoms in total. The average Bonchev–Trinajstić information content (AvgIpc) is 3.43. The second kappa shape index (κ2) is 10.7. The summed E-state index contributed by atoms with van der Waals surface area (Å²) in [6.07, 6.45) is 3.01. The zero-order valence-electron chi connectivity index (χ0n) is 18.7. The van der Waals surface area contributed by atoms with Gasteiger partial charge in [0.2, 0.25) is 5.91 Å². The predicted octanol–water partition coefficient (Wildman–Crippen LogP) is 3.96. The summed E-state index contributed by atoms with van der Waals surface area (Å²) in [5.74, 6) is 2.17. The van der Waals surface area contributed by atoms with Gasteiger partial charge in [0.05, 0.1) is 24.6 Å². The lowest BCUT2D eigenvalue weighted by atomic mass is 10.1. The summed E-state index contributed by atoms with van der Waals surface area (Å²) in [7, 11) is 0. The van der Waals surface area contributed by atoms with E-state index in [0.29, 0.717) is 32.1 Å². The Bertz CT molecular complexity index is 1230. The molecule has 8 heteroatoms. The maximum atomic E-state index is 12.8. The van der Waals surface area contributed by atoms with Crippen LogP contribution in [0.4, 0.5) is 0 Å². The highest BCUT2D eigenvalue weighted by Crippen LogP contribution is 2.23. The van der Waals surface area contributed by atoms with Crippen molar-refractivity contribution in [2.45, 2.75) is 11.9 Å². The van der Waals surface area contributed by atoms with E-state index in [0.717, 1.165) is 17.2 Å². The number of amides is 1. The summed E-state index contributed by atoms with van der Waals surface area (Å²) < 4.78 is 13.4. The van der Waals surface area contributed by atoms with Gasteiger partial charge in [-0.3, -0.25) is 4.79 Å². The SMILES string of the molecule is O=C(CSCc1cccc2ccccc12)N1CCOC(COc2ccc(-n3cncn3)cc2)C1. The number of fused-ring (bicyclic) bond motifs is 1. The molecule has 1 aliphatic rings. The zero-order chi connectivity index (χ0) is 23.2. The quantitative estimate of drug-likeness (QED) is 0.385. The molecule has 1 amide bonds. The lowest BCUT2D eigenvalue weighted by Gasteiger charge is -2.32. The minimum Gasteiger partial charge on any atom is -0.491 e. The number of hydrogen-bond donors (Lipinski definition) is 0. The van der Waals surface area contributed by atoms with Crippen LogP contribution < -0.4 is 4.74 Å². The first-order valence-electron chi connectivity index (χ1n) is 11.3. The van der Waals surface area contributed by atoms with Gasteiger partial charge >= 0.3 is 0 Å². The first kappa shape index (κ1) is 22.4. The van der Waals surface area contributed by atoms with Crippen molar-refractivity contribution in [3.63, 3.8) is 0 Å². The summed E-state index contributed by atoms with van der Waals surface area (Å²) >= 11 is 1.66. The van der Waals surface area contributed by atoms with Gasteiger partial charge in [-0.25, -0.2) is 9.67 Å². The van der Waals surface area contributed by atoms with Crippen LogP contribution >= 0.6 is 11.8 Å². The number of benzene rings is 3. The summed E-state index contributed by atoms with van der Waals surface area (Å²) in [5.41, 5.74) is 2.18. The van der Waals surface area contributed by atoms with Gasteiger partial charge in [0, 0.05) is 12.3 Å². The van der Waals surface area contributed by atoms with E-state index in [4.69, 9.17) is 9.47 Å². The summed E-state index contributed by atoms with van der Waals surface area (Å²) in [6, 6.07) is 22.4. The largest absolute Gasteiger partial charge is 0.491 e. The first-order chi connectivity index (χ1) is 16.8. The van der Waals surface area contributed by atoms with Gasteiger partial charge in [-0.1, -0.05) is 42.5 Å². The van der Waals surface area contributed by atoms with Crippen LogP contribution in [-0.2, 0) is 15.3 Å². The number of rotatable bonds is 8. The summed E-state index contributed by atoms with van der Waals surface area (Å²) in [5, 5.41) is 6.60. The highest BCUT2D eigenvalue weighted by atomic mass is 32.2. The monoisotopic (exact) mass is 474 g/mol. The van der Waals surface area contributed by atoms with Crippen LogP contribution in [0.1, 0.15) is 5.56 Å². The number of thioether (sulfide) groups is 1. The van der Waals surface area contributed by atoms with E-state index < -0.39 is 0 Å². The number of carbonyl (C=O) groups is 1. The maximum absolute atomic E-state index is 12.8. The van der Waals surface area contributed by atoms with Crippen molar-refractivity contribution in [3.8, 4) is 11.4 Å². The molecule has 1 aliphatic heterocycles. The van der Waals surface area contributed by atoms with Crippen molar-refractivity contribution >= 4 is 28.4 Å². The van der Waals surface area contributed by atoms with Crippen LogP contribution in [0.25, 0.3) is 16.5 Å². The van der Waals surface area contributed by atoms with Gasteiger partial charge in [-0.2, -0.15) is 5.10 Å². The number of hydrogen-bond acceptors (Lipinski definition) is 6. The van der Waals surface area contributed by atoms with E-state index in [1.807, 2.05) is 29.2 Å². The molecule has 2 heterocycles. The Hall–Kier alpha value is -3.36. The number of nitrogens with zero attached hydrogens (tertiary/aromatic N) is 4. The third kappa shape index (κ3) is 5.40. The van der Waals surface area contributed by atoms with Crippen molar-refractivity contribution in [2.24, 2.45) is 0 Å². The van der Waals surface area contributed by atoms with E-state index in [9.17, 15) is 4.79 Å². The smallest absolute Gasteiger partial charge is 0.232 e.